The molecule has 1 saturated carbocycles. The van der Waals surface area contributed by atoms with Gasteiger partial charge in [0.15, 0.2) is 0 Å². The summed E-state index contributed by atoms with van der Waals surface area (Å²) in [6, 6.07) is 8.97. The van der Waals surface area contributed by atoms with E-state index in [2.05, 4.69) is 45.0 Å². The third-order valence-electron chi connectivity index (χ3n) is 3.59. The van der Waals surface area contributed by atoms with E-state index < -0.39 is 0 Å². The number of nitrogens with two attached hydrogens (primary N) is 1. The summed E-state index contributed by atoms with van der Waals surface area (Å²) in [6.45, 7) is 7.57. The molecular weight excluding hydrogens is 218 g/mol. The van der Waals surface area contributed by atoms with Gasteiger partial charge in [0, 0.05) is 12.0 Å². The maximum atomic E-state index is 5.86. The number of hydrogen-bond acceptors (Lipinski definition) is 1. The average molecular weight is 240 g/mol. The van der Waals surface area contributed by atoms with Gasteiger partial charge in [0.25, 0.3) is 0 Å². The molecule has 1 aromatic carbocycles. The van der Waals surface area contributed by atoms with Crippen molar-refractivity contribution in [2.75, 3.05) is 6.54 Å². The fourth-order valence-corrected chi connectivity index (χ4v) is 2.08. The van der Waals surface area contributed by atoms with Crippen molar-refractivity contribution in [1.82, 2.24) is 0 Å². The Hall–Kier alpha value is -0.530. The number of halogens is 1. The zero-order chi connectivity index (χ0) is 11.1. The first-order valence-corrected chi connectivity index (χ1v) is 5.79. The van der Waals surface area contributed by atoms with Crippen molar-refractivity contribution in [1.29, 1.82) is 0 Å². The maximum absolute atomic E-state index is 5.86. The molecule has 1 aliphatic rings. The number of benzene rings is 1. The Labute approximate surface area is 105 Å². The van der Waals surface area contributed by atoms with Crippen LogP contribution < -0.4 is 5.73 Å². The van der Waals surface area contributed by atoms with Gasteiger partial charge in [-0.05, 0) is 29.4 Å². The van der Waals surface area contributed by atoms with E-state index in [1.54, 1.807) is 0 Å². The Kier molecular flexibility index (Phi) is 3.71. The zero-order valence-corrected chi connectivity index (χ0v) is 11.2. The zero-order valence-electron chi connectivity index (χ0n) is 10.4. The summed E-state index contributed by atoms with van der Waals surface area (Å²) in [4.78, 5) is 0. The van der Waals surface area contributed by atoms with Crippen LogP contribution in [0, 0.1) is 0 Å². The lowest BCUT2D eigenvalue weighted by molar-refractivity contribution is 0.586. The van der Waals surface area contributed by atoms with Crippen LogP contribution in [0.2, 0.25) is 0 Å². The average Bonchev–Trinajstić information content (AvgIpc) is 2.97. The van der Waals surface area contributed by atoms with Gasteiger partial charge in [-0.1, -0.05) is 45.0 Å². The Morgan fingerprint density at radius 3 is 2.31 bits per heavy atom. The van der Waals surface area contributed by atoms with Crippen LogP contribution in [0.15, 0.2) is 24.3 Å². The quantitative estimate of drug-likeness (QED) is 0.841. The van der Waals surface area contributed by atoms with Crippen LogP contribution in [0.4, 0.5) is 0 Å². The van der Waals surface area contributed by atoms with Crippen molar-refractivity contribution >= 4 is 12.4 Å². The number of rotatable bonds is 2. The molecule has 1 aromatic rings. The SMILES string of the molecule is CC(C)(C)c1cccc(C2(CN)CC2)c1.Cl. The lowest BCUT2D eigenvalue weighted by atomic mass is 9.84. The lowest BCUT2D eigenvalue weighted by Crippen LogP contribution is -2.21. The van der Waals surface area contributed by atoms with Crippen LogP contribution in [-0.4, -0.2) is 6.54 Å². The van der Waals surface area contributed by atoms with Crippen LogP contribution >= 0.6 is 12.4 Å². The lowest BCUT2D eigenvalue weighted by Gasteiger charge is -2.22. The van der Waals surface area contributed by atoms with Crippen LogP contribution in [0.3, 0.4) is 0 Å². The highest BCUT2D eigenvalue weighted by molar-refractivity contribution is 5.85. The van der Waals surface area contributed by atoms with E-state index >= 15 is 0 Å². The van der Waals surface area contributed by atoms with Crippen LogP contribution in [0.1, 0.15) is 44.7 Å². The molecule has 16 heavy (non-hydrogen) atoms. The molecule has 0 aliphatic heterocycles. The Bertz CT molecular complexity index is 361. The summed E-state index contributed by atoms with van der Waals surface area (Å²) in [5.74, 6) is 0. The van der Waals surface area contributed by atoms with E-state index in [0.29, 0.717) is 5.41 Å². The first kappa shape index (κ1) is 13.5. The molecule has 0 unspecified atom stereocenters. The van der Waals surface area contributed by atoms with E-state index in [9.17, 15) is 0 Å². The topological polar surface area (TPSA) is 26.0 Å². The first-order valence-electron chi connectivity index (χ1n) is 5.79. The summed E-state index contributed by atoms with van der Waals surface area (Å²) in [5.41, 5.74) is 9.28. The van der Waals surface area contributed by atoms with E-state index in [-0.39, 0.29) is 17.8 Å². The molecular formula is C14H22ClN. The van der Waals surface area contributed by atoms with Crippen molar-refractivity contribution < 1.29 is 0 Å². The molecule has 2 rings (SSSR count). The minimum Gasteiger partial charge on any atom is -0.330 e. The standard InChI is InChI=1S/C14H21N.ClH/c1-13(2,3)11-5-4-6-12(9-11)14(10-15)7-8-14;/h4-6,9H,7-8,10,15H2,1-3H3;1H. The molecule has 0 aromatic heterocycles. The van der Waals surface area contributed by atoms with Crippen LogP contribution in [-0.2, 0) is 10.8 Å². The summed E-state index contributed by atoms with van der Waals surface area (Å²) >= 11 is 0. The minimum atomic E-state index is 0. The molecule has 0 bridgehead atoms. The van der Waals surface area contributed by atoms with Crippen molar-refractivity contribution in [3.63, 3.8) is 0 Å². The highest BCUT2D eigenvalue weighted by Gasteiger charge is 2.42. The summed E-state index contributed by atoms with van der Waals surface area (Å²) in [7, 11) is 0. The van der Waals surface area contributed by atoms with Crippen LogP contribution in [0.25, 0.3) is 0 Å². The predicted octanol–water partition coefficient (Wildman–Crippen LogP) is 3.40. The maximum Gasteiger partial charge on any atom is 0.00763 e. The molecule has 2 N–H and O–H groups in total. The highest BCUT2D eigenvalue weighted by atomic mass is 35.5. The second kappa shape index (κ2) is 4.38. The van der Waals surface area contributed by atoms with Gasteiger partial charge in [-0.3, -0.25) is 0 Å². The molecule has 0 amide bonds. The van der Waals surface area contributed by atoms with E-state index in [4.69, 9.17) is 5.73 Å². The largest absolute Gasteiger partial charge is 0.330 e. The van der Waals surface area contributed by atoms with Crippen molar-refractivity contribution in [2.45, 2.75) is 44.4 Å². The third kappa shape index (κ3) is 2.41. The Morgan fingerprint density at radius 1 is 1.25 bits per heavy atom. The molecule has 1 nitrogen and oxygen atoms in total. The van der Waals surface area contributed by atoms with Crippen molar-refractivity contribution in [2.24, 2.45) is 5.73 Å². The molecule has 1 aliphatic carbocycles. The predicted molar refractivity (Wildman–Crippen MR) is 72.4 cm³/mol. The van der Waals surface area contributed by atoms with Gasteiger partial charge in [-0.2, -0.15) is 0 Å². The third-order valence-corrected chi connectivity index (χ3v) is 3.59. The summed E-state index contributed by atoms with van der Waals surface area (Å²) in [5, 5.41) is 0. The van der Waals surface area contributed by atoms with Crippen molar-refractivity contribution in [3.8, 4) is 0 Å². The van der Waals surface area contributed by atoms with Gasteiger partial charge in [-0.25, -0.2) is 0 Å². The van der Waals surface area contributed by atoms with Crippen LogP contribution in [0.5, 0.6) is 0 Å². The molecule has 1 fully saturated rings. The Morgan fingerprint density at radius 2 is 1.88 bits per heavy atom. The molecule has 0 radical (unpaired) electrons. The Balaban J connectivity index is 0.00000128. The van der Waals surface area contributed by atoms with E-state index in [1.807, 2.05) is 0 Å². The molecule has 0 saturated heterocycles. The monoisotopic (exact) mass is 239 g/mol. The number of hydrogen-bond donors (Lipinski definition) is 1. The van der Waals surface area contributed by atoms with Gasteiger partial charge in [0.1, 0.15) is 0 Å². The normalized spacial score (nSPS) is 17.8. The molecule has 90 valence electrons. The highest BCUT2D eigenvalue weighted by Crippen LogP contribution is 2.47. The van der Waals surface area contributed by atoms with Gasteiger partial charge in [0.2, 0.25) is 0 Å². The van der Waals surface area contributed by atoms with Gasteiger partial charge in [0.05, 0.1) is 0 Å². The molecule has 0 heterocycles. The fourth-order valence-electron chi connectivity index (χ4n) is 2.08. The van der Waals surface area contributed by atoms with E-state index in [1.165, 1.54) is 24.0 Å². The van der Waals surface area contributed by atoms with Gasteiger partial charge >= 0.3 is 0 Å². The summed E-state index contributed by atoms with van der Waals surface area (Å²) < 4.78 is 0. The molecule has 0 spiro atoms. The van der Waals surface area contributed by atoms with E-state index in [0.717, 1.165) is 6.54 Å². The first-order chi connectivity index (χ1) is 6.98. The second-order valence-corrected chi connectivity index (χ2v) is 5.82. The van der Waals surface area contributed by atoms with Gasteiger partial charge < -0.3 is 5.73 Å². The molecule has 0 atom stereocenters. The fraction of sp³-hybridized carbons (Fsp3) is 0.571. The molecule has 2 heteroatoms. The minimum absolute atomic E-state index is 0. The smallest absolute Gasteiger partial charge is 0.00763 e. The second-order valence-electron chi connectivity index (χ2n) is 5.82. The van der Waals surface area contributed by atoms with Gasteiger partial charge in [-0.15, -0.1) is 12.4 Å². The van der Waals surface area contributed by atoms with Crippen molar-refractivity contribution in [3.05, 3.63) is 35.4 Å². The summed E-state index contributed by atoms with van der Waals surface area (Å²) in [6.07, 6.45) is 2.52.